The molecule has 2 heterocycles. The number of fused-ring (bicyclic) bond motifs is 1. The van der Waals surface area contributed by atoms with Gasteiger partial charge in [0.05, 0.1) is 11.7 Å². The average Bonchev–Trinajstić information content (AvgIpc) is 3.25. The SMILES string of the molecule is CC1C(C2CCCN2C(=O)OCc2ccccc2)=Nc2cc(Br)ccc21. The largest absolute Gasteiger partial charge is 0.445 e. The third-order valence-electron chi connectivity index (χ3n) is 5.19. The van der Waals surface area contributed by atoms with Gasteiger partial charge in [0.25, 0.3) is 0 Å². The maximum atomic E-state index is 12.7. The van der Waals surface area contributed by atoms with E-state index in [0.29, 0.717) is 6.61 Å². The summed E-state index contributed by atoms with van der Waals surface area (Å²) in [6.45, 7) is 3.20. The number of rotatable bonds is 3. The number of aliphatic imine (C=N–C) groups is 1. The highest BCUT2D eigenvalue weighted by atomic mass is 79.9. The van der Waals surface area contributed by atoms with Crippen LogP contribution in [0.4, 0.5) is 10.5 Å². The Morgan fingerprint density at radius 1 is 1.27 bits per heavy atom. The maximum absolute atomic E-state index is 12.7. The lowest BCUT2D eigenvalue weighted by Gasteiger charge is -2.26. The predicted molar refractivity (Wildman–Crippen MR) is 106 cm³/mol. The van der Waals surface area contributed by atoms with Crippen LogP contribution in [0.2, 0.25) is 0 Å². The molecule has 2 aliphatic heterocycles. The highest BCUT2D eigenvalue weighted by molar-refractivity contribution is 9.10. The van der Waals surface area contributed by atoms with Crippen LogP contribution in [0.15, 0.2) is 58.0 Å². The molecule has 1 amide bonds. The number of ether oxygens (including phenoxy) is 1. The summed E-state index contributed by atoms with van der Waals surface area (Å²) >= 11 is 3.51. The van der Waals surface area contributed by atoms with Crippen LogP contribution in [0.1, 0.15) is 36.8 Å². The fourth-order valence-electron chi connectivity index (χ4n) is 3.83. The molecule has 2 aromatic carbocycles. The van der Waals surface area contributed by atoms with Crippen LogP contribution in [0.3, 0.4) is 0 Å². The van der Waals surface area contributed by atoms with Gasteiger partial charge in [-0.3, -0.25) is 9.89 Å². The maximum Gasteiger partial charge on any atom is 0.410 e. The van der Waals surface area contributed by atoms with Crippen LogP contribution in [-0.4, -0.2) is 29.3 Å². The normalized spacial score (nSPS) is 21.5. The molecule has 1 saturated heterocycles. The lowest BCUT2D eigenvalue weighted by atomic mass is 9.93. The molecule has 5 heteroatoms. The Bertz CT molecular complexity index is 850. The van der Waals surface area contributed by atoms with Crippen LogP contribution in [-0.2, 0) is 11.3 Å². The van der Waals surface area contributed by atoms with Gasteiger partial charge in [-0.05, 0) is 36.1 Å². The zero-order valence-electron chi connectivity index (χ0n) is 14.7. The summed E-state index contributed by atoms with van der Waals surface area (Å²) in [6, 6.07) is 16.0. The monoisotopic (exact) mass is 412 g/mol. The summed E-state index contributed by atoms with van der Waals surface area (Å²) in [7, 11) is 0. The summed E-state index contributed by atoms with van der Waals surface area (Å²) in [5.74, 6) is 0.227. The van der Waals surface area contributed by atoms with Gasteiger partial charge in [-0.15, -0.1) is 0 Å². The van der Waals surface area contributed by atoms with E-state index in [2.05, 4.69) is 28.9 Å². The van der Waals surface area contributed by atoms with Gasteiger partial charge in [-0.25, -0.2) is 4.79 Å². The summed E-state index contributed by atoms with van der Waals surface area (Å²) in [6.07, 6.45) is 1.68. The van der Waals surface area contributed by atoms with Gasteiger partial charge in [-0.2, -0.15) is 0 Å². The van der Waals surface area contributed by atoms with E-state index in [1.807, 2.05) is 47.4 Å². The highest BCUT2D eigenvalue weighted by Gasteiger charge is 2.38. The van der Waals surface area contributed by atoms with Crippen molar-refractivity contribution in [1.82, 2.24) is 4.90 Å². The second-order valence-corrected chi connectivity index (χ2v) is 7.77. The lowest BCUT2D eigenvalue weighted by molar-refractivity contribution is 0.0990. The third kappa shape index (κ3) is 3.28. The summed E-state index contributed by atoms with van der Waals surface area (Å²) in [5, 5.41) is 0. The molecule has 0 spiro atoms. The molecular formula is C21H21BrN2O2. The van der Waals surface area contributed by atoms with Gasteiger partial charge in [0.1, 0.15) is 6.61 Å². The number of likely N-dealkylation sites (tertiary alicyclic amines) is 1. The Hall–Kier alpha value is -2.14. The van der Waals surface area contributed by atoms with E-state index in [1.54, 1.807) is 0 Å². The summed E-state index contributed by atoms with van der Waals surface area (Å²) in [4.78, 5) is 19.4. The van der Waals surface area contributed by atoms with Crippen LogP contribution >= 0.6 is 15.9 Å². The smallest absolute Gasteiger partial charge is 0.410 e. The second kappa shape index (κ2) is 7.23. The number of carbonyl (C=O) groups excluding carboxylic acids is 1. The van der Waals surface area contributed by atoms with Crippen molar-refractivity contribution >= 4 is 33.4 Å². The number of amides is 1. The van der Waals surface area contributed by atoms with Crippen molar-refractivity contribution in [2.24, 2.45) is 4.99 Å². The minimum absolute atomic E-state index is 0.0273. The van der Waals surface area contributed by atoms with Gasteiger partial charge in [-0.1, -0.05) is 59.3 Å². The van der Waals surface area contributed by atoms with Gasteiger partial charge in [0, 0.05) is 22.6 Å². The zero-order chi connectivity index (χ0) is 18.1. The topological polar surface area (TPSA) is 41.9 Å². The first-order valence-corrected chi connectivity index (χ1v) is 9.78. The van der Waals surface area contributed by atoms with Crippen molar-refractivity contribution in [3.8, 4) is 0 Å². The quantitative estimate of drug-likeness (QED) is 0.673. The Morgan fingerprint density at radius 3 is 2.88 bits per heavy atom. The highest BCUT2D eigenvalue weighted by Crippen LogP contribution is 2.40. The van der Waals surface area contributed by atoms with Gasteiger partial charge in [0.15, 0.2) is 0 Å². The molecule has 4 nitrogen and oxygen atoms in total. The molecule has 0 aromatic heterocycles. The first-order chi connectivity index (χ1) is 12.6. The molecule has 0 bridgehead atoms. The van der Waals surface area contributed by atoms with E-state index >= 15 is 0 Å². The Labute approximate surface area is 162 Å². The third-order valence-corrected chi connectivity index (χ3v) is 5.68. The van der Waals surface area contributed by atoms with E-state index in [1.165, 1.54) is 5.56 Å². The minimum atomic E-state index is -0.247. The summed E-state index contributed by atoms with van der Waals surface area (Å²) < 4.78 is 6.58. The van der Waals surface area contributed by atoms with E-state index in [-0.39, 0.29) is 18.1 Å². The number of benzene rings is 2. The minimum Gasteiger partial charge on any atom is -0.445 e. The number of halogens is 1. The van der Waals surface area contributed by atoms with Crippen LogP contribution in [0.5, 0.6) is 0 Å². The van der Waals surface area contributed by atoms with E-state index < -0.39 is 0 Å². The molecular weight excluding hydrogens is 392 g/mol. The molecule has 0 radical (unpaired) electrons. The lowest BCUT2D eigenvalue weighted by Crippen LogP contribution is -2.41. The van der Waals surface area contributed by atoms with Crippen LogP contribution in [0, 0.1) is 0 Å². The van der Waals surface area contributed by atoms with E-state index in [4.69, 9.17) is 9.73 Å². The first kappa shape index (κ1) is 17.3. The molecule has 0 saturated carbocycles. The van der Waals surface area contributed by atoms with E-state index in [0.717, 1.165) is 40.8 Å². The molecule has 4 rings (SSSR count). The second-order valence-electron chi connectivity index (χ2n) is 6.85. The van der Waals surface area contributed by atoms with Crippen molar-refractivity contribution in [2.45, 2.75) is 38.3 Å². The Balaban J connectivity index is 1.48. The van der Waals surface area contributed by atoms with Crippen molar-refractivity contribution in [3.63, 3.8) is 0 Å². The van der Waals surface area contributed by atoms with Crippen LogP contribution in [0.25, 0.3) is 0 Å². The number of carbonyl (C=O) groups is 1. The van der Waals surface area contributed by atoms with Crippen molar-refractivity contribution < 1.29 is 9.53 Å². The standard InChI is InChI=1S/C21H21BrN2O2/c1-14-17-10-9-16(22)12-18(17)23-20(14)19-8-5-11-24(19)21(25)26-13-15-6-3-2-4-7-15/h2-4,6-7,9-10,12,14,19H,5,8,11,13H2,1H3. The molecule has 0 N–H and O–H groups in total. The molecule has 26 heavy (non-hydrogen) atoms. The molecule has 2 atom stereocenters. The van der Waals surface area contributed by atoms with Crippen molar-refractivity contribution in [3.05, 3.63) is 64.1 Å². The fourth-order valence-corrected chi connectivity index (χ4v) is 4.18. The first-order valence-electron chi connectivity index (χ1n) is 8.99. The van der Waals surface area contributed by atoms with Gasteiger partial charge in [0.2, 0.25) is 0 Å². The average molecular weight is 413 g/mol. The fraction of sp³-hybridized carbons (Fsp3) is 0.333. The van der Waals surface area contributed by atoms with Crippen molar-refractivity contribution in [2.75, 3.05) is 6.54 Å². The number of nitrogens with zero attached hydrogens (tertiary/aromatic N) is 2. The molecule has 134 valence electrons. The van der Waals surface area contributed by atoms with Crippen molar-refractivity contribution in [1.29, 1.82) is 0 Å². The molecule has 2 unspecified atom stereocenters. The molecule has 2 aromatic rings. The summed E-state index contributed by atoms with van der Waals surface area (Å²) in [5.41, 5.74) is 4.31. The predicted octanol–water partition coefficient (Wildman–Crippen LogP) is 5.44. The van der Waals surface area contributed by atoms with E-state index in [9.17, 15) is 4.79 Å². The number of hydrogen-bond acceptors (Lipinski definition) is 3. The molecule has 0 aliphatic carbocycles. The zero-order valence-corrected chi connectivity index (χ0v) is 16.3. The van der Waals surface area contributed by atoms with Crippen LogP contribution < -0.4 is 0 Å². The Kier molecular flexibility index (Phi) is 4.81. The molecule has 2 aliphatic rings. The van der Waals surface area contributed by atoms with Gasteiger partial charge < -0.3 is 4.74 Å². The number of hydrogen-bond donors (Lipinski definition) is 0. The molecule has 1 fully saturated rings. The van der Waals surface area contributed by atoms with Gasteiger partial charge >= 0.3 is 6.09 Å². The Morgan fingerprint density at radius 2 is 2.08 bits per heavy atom.